The Morgan fingerprint density at radius 2 is 1.95 bits per heavy atom. The van der Waals surface area contributed by atoms with Crippen molar-refractivity contribution in [1.82, 2.24) is 0 Å². The van der Waals surface area contributed by atoms with Gasteiger partial charge in [-0.25, -0.2) is 8.42 Å². The Morgan fingerprint density at radius 3 is 2.47 bits per heavy atom. The van der Waals surface area contributed by atoms with Crippen LogP contribution in [0.15, 0.2) is 18.2 Å². The second kappa shape index (κ2) is 6.11. The predicted molar refractivity (Wildman–Crippen MR) is 78.4 cm³/mol. The molecule has 4 nitrogen and oxygen atoms in total. The Labute approximate surface area is 119 Å². The summed E-state index contributed by atoms with van der Waals surface area (Å²) in [6, 6.07) is 5.27. The van der Waals surface area contributed by atoms with Crippen LogP contribution in [0.5, 0.6) is 5.75 Å². The maximum Gasteiger partial charge on any atom is 0.158 e. The lowest BCUT2D eigenvalue weighted by atomic mass is 10.2. The van der Waals surface area contributed by atoms with Crippen LogP contribution in [0.2, 0.25) is 5.02 Å². The van der Waals surface area contributed by atoms with Crippen LogP contribution in [0, 0.1) is 0 Å². The van der Waals surface area contributed by atoms with Crippen LogP contribution in [-0.2, 0) is 16.4 Å². The molecule has 0 aliphatic rings. The first kappa shape index (κ1) is 16.3. The molecular formula is C13H20ClNO3S. The van der Waals surface area contributed by atoms with Crippen LogP contribution in [0.1, 0.15) is 26.3 Å². The maximum absolute atomic E-state index is 11.9. The third-order valence-corrected chi connectivity index (χ3v) is 5.67. The summed E-state index contributed by atoms with van der Waals surface area (Å²) >= 11 is 6.02. The summed E-state index contributed by atoms with van der Waals surface area (Å²) in [5.41, 5.74) is 6.35. The first-order chi connectivity index (χ1) is 8.69. The molecule has 0 unspecified atom stereocenters. The van der Waals surface area contributed by atoms with Gasteiger partial charge in [-0.05, 0) is 26.8 Å². The van der Waals surface area contributed by atoms with Crippen molar-refractivity contribution in [3.8, 4) is 5.75 Å². The molecule has 0 aliphatic heterocycles. The van der Waals surface area contributed by atoms with Crippen molar-refractivity contribution in [3.63, 3.8) is 0 Å². The van der Waals surface area contributed by atoms with Crippen molar-refractivity contribution in [2.75, 3.05) is 12.4 Å². The summed E-state index contributed by atoms with van der Waals surface area (Å²) < 4.78 is 28.6. The maximum atomic E-state index is 11.9. The zero-order chi connectivity index (χ0) is 14.7. The van der Waals surface area contributed by atoms with E-state index in [4.69, 9.17) is 22.1 Å². The largest absolute Gasteiger partial charge is 0.491 e. The fraction of sp³-hybridized carbons (Fsp3) is 0.538. The predicted octanol–water partition coefficient (Wildman–Crippen LogP) is 2.39. The fourth-order valence-electron chi connectivity index (χ4n) is 1.44. The third-order valence-electron chi connectivity index (χ3n) is 2.80. The fourth-order valence-corrected chi connectivity index (χ4v) is 2.60. The number of hydrogen-bond donors (Lipinski definition) is 1. The van der Waals surface area contributed by atoms with E-state index in [0.29, 0.717) is 17.3 Å². The second-order valence-corrected chi connectivity index (χ2v) is 8.48. The number of ether oxygens (including phenoxy) is 1. The molecule has 0 aromatic heterocycles. The number of nitrogens with two attached hydrogens (primary N) is 1. The molecule has 0 saturated carbocycles. The standard InChI is InChI=1S/C13H20ClNO3S/c1-13(2,3)19(16,17)8-7-18-12-10(9-15)5-4-6-11(12)14/h4-6H,7-9,15H2,1-3H3. The van der Waals surface area contributed by atoms with Crippen LogP contribution in [-0.4, -0.2) is 25.5 Å². The molecule has 19 heavy (non-hydrogen) atoms. The highest BCUT2D eigenvalue weighted by molar-refractivity contribution is 7.92. The molecule has 0 amide bonds. The van der Waals surface area contributed by atoms with E-state index in [1.54, 1.807) is 39.0 Å². The van der Waals surface area contributed by atoms with E-state index in [9.17, 15) is 8.42 Å². The number of hydrogen-bond acceptors (Lipinski definition) is 4. The molecule has 1 aromatic rings. The van der Waals surface area contributed by atoms with Crippen molar-refractivity contribution in [1.29, 1.82) is 0 Å². The van der Waals surface area contributed by atoms with Gasteiger partial charge in [0, 0.05) is 12.1 Å². The third kappa shape index (κ3) is 4.09. The lowest BCUT2D eigenvalue weighted by Crippen LogP contribution is -2.32. The van der Waals surface area contributed by atoms with Crippen molar-refractivity contribution < 1.29 is 13.2 Å². The topological polar surface area (TPSA) is 69.4 Å². The lowest BCUT2D eigenvalue weighted by Gasteiger charge is -2.19. The van der Waals surface area contributed by atoms with Crippen molar-refractivity contribution >= 4 is 21.4 Å². The van der Waals surface area contributed by atoms with Crippen molar-refractivity contribution in [2.24, 2.45) is 5.73 Å². The molecule has 6 heteroatoms. The van der Waals surface area contributed by atoms with Crippen LogP contribution < -0.4 is 10.5 Å². The molecule has 0 fully saturated rings. The highest BCUT2D eigenvalue weighted by Gasteiger charge is 2.28. The quantitative estimate of drug-likeness (QED) is 0.907. The summed E-state index contributed by atoms with van der Waals surface area (Å²) in [4.78, 5) is 0. The van der Waals surface area contributed by atoms with Gasteiger partial charge < -0.3 is 10.5 Å². The van der Waals surface area contributed by atoms with Gasteiger partial charge in [0.1, 0.15) is 12.4 Å². The molecular weight excluding hydrogens is 286 g/mol. The first-order valence-corrected chi connectivity index (χ1v) is 8.04. The normalized spacial score (nSPS) is 12.5. The minimum Gasteiger partial charge on any atom is -0.491 e. The Morgan fingerprint density at radius 1 is 1.32 bits per heavy atom. The van der Waals surface area contributed by atoms with Gasteiger partial charge in [0.05, 0.1) is 15.5 Å². The Kier molecular flexibility index (Phi) is 5.24. The van der Waals surface area contributed by atoms with Gasteiger partial charge in [0.2, 0.25) is 0 Å². The van der Waals surface area contributed by atoms with Gasteiger partial charge in [0.25, 0.3) is 0 Å². The van der Waals surface area contributed by atoms with Crippen molar-refractivity contribution in [2.45, 2.75) is 32.1 Å². The van der Waals surface area contributed by atoms with E-state index >= 15 is 0 Å². The van der Waals surface area contributed by atoms with E-state index in [-0.39, 0.29) is 12.4 Å². The minimum atomic E-state index is -3.20. The van der Waals surface area contributed by atoms with Gasteiger partial charge in [-0.2, -0.15) is 0 Å². The monoisotopic (exact) mass is 305 g/mol. The summed E-state index contributed by atoms with van der Waals surface area (Å²) in [6.07, 6.45) is 0. The lowest BCUT2D eigenvalue weighted by molar-refractivity contribution is 0.336. The SMILES string of the molecule is CC(C)(C)S(=O)(=O)CCOc1c(Cl)cccc1CN. The minimum absolute atomic E-state index is 0.0499. The Balaban J connectivity index is 2.75. The van der Waals surface area contributed by atoms with Gasteiger partial charge in [-0.15, -0.1) is 0 Å². The summed E-state index contributed by atoms with van der Waals surface area (Å²) in [5, 5.41) is 0.441. The number of rotatable bonds is 5. The number of halogens is 1. The van der Waals surface area contributed by atoms with Gasteiger partial charge >= 0.3 is 0 Å². The van der Waals surface area contributed by atoms with Crippen LogP contribution >= 0.6 is 11.6 Å². The molecule has 0 atom stereocenters. The molecule has 0 aliphatic carbocycles. The van der Waals surface area contributed by atoms with Crippen LogP contribution in [0.25, 0.3) is 0 Å². The molecule has 1 rings (SSSR count). The van der Waals surface area contributed by atoms with Crippen LogP contribution in [0.3, 0.4) is 0 Å². The van der Waals surface area contributed by atoms with E-state index in [1.165, 1.54) is 0 Å². The Bertz CT molecular complexity index is 535. The van der Waals surface area contributed by atoms with E-state index in [0.717, 1.165) is 5.56 Å². The molecule has 0 heterocycles. The molecule has 108 valence electrons. The van der Waals surface area contributed by atoms with Crippen molar-refractivity contribution in [3.05, 3.63) is 28.8 Å². The molecule has 0 radical (unpaired) electrons. The van der Waals surface area contributed by atoms with Gasteiger partial charge in [-0.3, -0.25) is 0 Å². The number of para-hydroxylation sites is 1. The Hall–Kier alpha value is -0.780. The summed E-state index contributed by atoms with van der Waals surface area (Å²) in [6.45, 7) is 5.37. The average molecular weight is 306 g/mol. The number of benzene rings is 1. The zero-order valence-electron chi connectivity index (χ0n) is 11.4. The highest BCUT2D eigenvalue weighted by atomic mass is 35.5. The van der Waals surface area contributed by atoms with Gasteiger partial charge in [-0.1, -0.05) is 23.7 Å². The molecule has 0 saturated heterocycles. The van der Waals surface area contributed by atoms with E-state index in [1.807, 2.05) is 0 Å². The number of sulfone groups is 1. The molecule has 0 spiro atoms. The highest BCUT2D eigenvalue weighted by Crippen LogP contribution is 2.28. The molecule has 2 N–H and O–H groups in total. The summed E-state index contributed by atoms with van der Waals surface area (Å²) in [7, 11) is -3.20. The molecule has 0 bridgehead atoms. The van der Waals surface area contributed by atoms with Gasteiger partial charge in [0.15, 0.2) is 9.84 Å². The van der Waals surface area contributed by atoms with Crippen LogP contribution in [0.4, 0.5) is 0 Å². The first-order valence-electron chi connectivity index (χ1n) is 6.01. The average Bonchev–Trinajstić information content (AvgIpc) is 2.29. The zero-order valence-corrected chi connectivity index (χ0v) is 13.0. The molecule has 1 aromatic carbocycles. The second-order valence-electron chi connectivity index (χ2n) is 5.21. The van der Waals surface area contributed by atoms with E-state index < -0.39 is 14.6 Å². The summed E-state index contributed by atoms with van der Waals surface area (Å²) in [5.74, 6) is 0.418. The van der Waals surface area contributed by atoms with E-state index in [2.05, 4.69) is 0 Å². The smallest absolute Gasteiger partial charge is 0.158 e.